The minimum atomic E-state index is -1.03. The number of carboxylic acids is 1. The lowest BCUT2D eigenvalue weighted by Crippen LogP contribution is -2.31. The van der Waals surface area contributed by atoms with Crippen LogP contribution in [0.15, 0.2) is 5.38 Å². The third kappa shape index (κ3) is 3.45. The second-order valence-corrected chi connectivity index (χ2v) is 5.96. The second kappa shape index (κ2) is 6.34. The number of rotatable bonds is 4. The highest BCUT2D eigenvalue weighted by molar-refractivity contribution is 7.13. The van der Waals surface area contributed by atoms with Gasteiger partial charge in [-0.2, -0.15) is 0 Å². The first-order valence-corrected chi connectivity index (χ1v) is 7.64. The Kier molecular flexibility index (Phi) is 4.76. The number of carbonyl (C=O) groups is 1. The minimum Gasteiger partial charge on any atom is -0.480 e. The first kappa shape index (κ1) is 14.3. The summed E-state index contributed by atoms with van der Waals surface area (Å²) in [6, 6.07) is -0.505. The van der Waals surface area contributed by atoms with Crippen LogP contribution in [0.25, 0.3) is 0 Å². The van der Waals surface area contributed by atoms with E-state index in [0.29, 0.717) is 11.7 Å². The molecule has 0 saturated heterocycles. The summed E-state index contributed by atoms with van der Waals surface area (Å²) in [4.78, 5) is 17.4. The van der Waals surface area contributed by atoms with Crippen LogP contribution in [0, 0.1) is 0 Å². The quantitative estimate of drug-likeness (QED) is 0.829. The molecule has 0 bridgehead atoms. The zero-order valence-corrected chi connectivity index (χ0v) is 12.0. The van der Waals surface area contributed by atoms with E-state index in [4.69, 9.17) is 10.8 Å². The number of nitrogens with two attached hydrogens (primary N) is 1. The zero-order chi connectivity index (χ0) is 13.8. The van der Waals surface area contributed by atoms with Crippen molar-refractivity contribution in [3.63, 3.8) is 0 Å². The van der Waals surface area contributed by atoms with Crippen LogP contribution in [0.1, 0.15) is 50.3 Å². The average Bonchev–Trinajstić information content (AvgIpc) is 2.72. The van der Waals surface area contributed by atoms with E-state index in [0.717, 1.165) is 5.13 Å². The van der Waals surface area contributed by atoms with Crippen molar-refractivity contribution < 1.29 is 9.90 Å². The maximum absolute atomic E-state index is 10.9. The molecule has 1 aromatic rings. The molecule has 3 N–H and O–H groups in total. The van der Waals surface area contributed by atoms with Gasteiger partial charge in [-0.25, -0.2) is 4.98 Å². The molecule has 0 amide bonds. The molecule has 0 aromatic carbocycles. The normalized spacial score (nSPS) is 18.8. The molecule has 0 spiro atoms. The molecule has 1 heterocycles. The van der Waals surface area contributed by atoms with E-state index in [1.54, 1.807) is 5.38 Å². The van der Waals surface area contributed by atoms with Crippen molar-refractivity contribution in [2.75, 3.05) is 11.9 Å². The van der Waals surface area contributed by atoms with E-state index in [2.05, 4.69) is 9.88 Å². The average molecular weight is 283 g/mol. The van der Waals surface area contributed by atoms with Crippen LogP contribution in [-0.4, -0.2) is 29.1 Å². The Bertz CT molecular complexity index is 427. The number of hydrogen-bond acceptors (Lipinski definition) is 5. The highest BCUT2D eigenvalue weighted by Crippen LogP contribution is 2.28. The molecule has 1 aromatic heterocycles. The maximum Gasteiger partial charge on any atom is 0.326 e. The molecule has 1 unspecified atom stereocenters. The summed E-state index contributed by atoms with van der Waals surface area (Å²) in [6.07, 6.45) is 7.55. The number of nitrogens with zero attached hydrogens (tertiary/aromatic N) is 2. The Balaban J connectivity index is 2.06. The van der Waals surface area contributed by atoms with Crippen molar-refractivity contribution in [1.82, 2.24) is 4.98 Å². The predicted molar refractivity (Wildman–Crippen MR) is 76.6 cm³/mol. The van der Waals surface area contributed by atoms with Gasteiger partial charge in [0.25, 0.3) is 0 Å². The highest BCUT2D eigenvalue weighted by Gasteiger charge is 2.22. The molecule has 1 aliphatic rings. The van der Waals surface area contributed by atoms with E-state index >= 15 is 0 Å². The van der Waals surface area contributed by atoms with Crippen molar-refractivity contribution in [3.05, 3.63) is 11.1 Å². The summed E-state index contributed by atoms with van der Waals surface area (Å²) in [5.74, 6) is -1.03. The molecule has 1 saturated carbocycles. The number of hydrogen-bond donors (Lipinski definition) is 2. The molecule has 0 radical (unpaired) electrons. The second-order valence-electron chi connectivity index (χ2n) is 5.13. The summed E-state index contributed by atoms with van der Waals surface area (Å²) in [7, 11) is 2.05. The van der Waals surface area contributed by atoms with Crippen molar-refractivity contribution in [2.24, 2.45) is 5.73 Å². The number of aromatic nitrogens is 1. The topological polar surface area (TPSA) is 79.5 Å². The largest absolute Gasteiger partial charge is 0.480 e. The van der Waals surface area contributed by atoms with Crippen molar-refractivity contribution >= 4 is 22.4 Å². The Morgan fingerprint density at radius 1 is 1.47 bits per heavy atom. The zero-order valence-electron chi connectivity index (χ0n) is 11.2. The monoisotopic (exact) mass is 283 g/mol. The first-order valence-electron chi connectivity index (χ1n) is 6.76. The van der Waals surface area contributed by atoms with Gasteiger partial charge in [-0.1, -0.05) is 25.7 Å². The van der Waals surface area contributed by atoms with E-state index < -0.39 is 12.0 Å². The first-order chi connectivity index (χ1) is 9.09. The molecule has 19 heavy (non-hydrogen) atoms. The smallest absolute Gasteiger partial charge is 0.326 e. The van der Waals surface area contributed by atoms with Crippen molar-refractivity contribution in [3.8, 4) is 0 Å². The lowest BCUT2D eigenvalue weighted by Gasteiger charge is -2.26. The molecule has 2 rings (SSSR count). The molecule has 0 aliphatic heterocycles. The summed E-state index contributed by atoms with van der Waals surface area (Å²) < 4.78 is 0. The Labute approximate surface area is 117 Å². The van der Waals surface area contributed by atoms with Crippen LogP contribution in [0.4, 0.5) is 5.13 Å². The SMILES string of the molecule is CN(c1nc(C(N)C(=O)O)cs1)C1CCCCCC1. The van der Waals surface area contributed by atoms with Gasteiger partial charge >= 0.3 is 5.97 Å². The summed E-state index contributed by atoms with van der Waals surface area (Å²) >= 11 is 1.48. The molecule has 106 valence electrons. The van der Waals surface area contributed by atoms with E-state index in [1.165, 1.54) is 49.9 Å². The fraction of sp³-hybridized carbons (Fsp3) is 0.692. The fourth-order valence-electron chi connectivity index (χ4n) is 2.51. The molecule has 1 atom stereocenters. The van der Waals surface area contributed by atoms with E-state index in [-0.39, 0.29) is 0 Å². The number of aliphatic carboxylic acids is 1. The Morgan fingerprint density at radius 2 is 2.11 bits per heavy atom. The molecule has 1 fully saturated rings. The van der Waals surface area contributed by atoms with Crippen molar-refractivity contribution in [1.29, 1.82) is 0 Å². The third-order valence-electron chi connectivity index (χ3n) is 3.77. The van der Waals surface area contributed by atoms with Crippen LogP contribution >= 0.6 is 11.3 Å². The van der Waals surface area contributed by atoms with Gasteiger partial charge in [0.15, 0.2) is 5.13 Å². The van der Waals surface area contributed by atoms with Gasteiger partial charge in [0.1, 0.15) is 6.04 Å². The third-order valence-corrected chi connectivity index (χ3v) is 4.72. The van der Waals surface area contributed by atoms with Gasteiger partial charge in [-0.05, 0) is 12.8 Å². The number of thiazole rings is 1. The maximum atomic E-state index is 10.9. The van der Waals surface area contributed by atoms with Crippen LogP contribution < -0.4 is 10.6 Å². The van der Waals surface area contributed by atoms with Crippen LogP contribution in [0.5, 0.6) is 0 Å². The molecular formula is C13H21N3O2S. The fourth-order valence-corrected chi connectivity index (χ4v) is 3.41. The minimum absolute atomic E-state index is 0.452. The summed E-state index contributed by atoms with van der Waals surface area (Å²) in [5.41, 5.74) is 6.03. The van der Waals surface area contributed by atoms with Crippen LogP contribution in [-0.2, 0) is 4.79 Å². The lowest BCUT2D eigenvalue weighted by molar-refractivity contribution is -0.138. The summed E-state index contributed by atoms with van der Waals surface area (Å²) in [5, 5.41) is 11.5. The van der Waals surface area contributed by atoms with Gasteiger partial charge in [-0.3, -0.25) is 4.79 Å². The van der Waals surface area contributed by atoms with Crippen LogP contribution in [0.2, 0.25) is 0 Å². The van der Waals surface area contributed by atoms with Gasteiger partial charge in [0, 0.05) is 18.5 Å². The van der Waals surface area contributed by atoms with Gasteiger partial charge in [0.05, 0.1) is 5.69 Å². The van der Waals surface area contributed by atoms with Crippen LogP contribution in [0.3, 0.4) is 0 Å². The molecule has 6 heteroatoms. The Morgan fingerprint density at radius 3 is 2.68 bits per heavy atom. The predicted octanol–water partition coefficient (Wildman–Crippen LogP) is 2.39. The van der Waals surface area contributed by atoms with E-state index in [1.807, 2.05) is 7.05 Å². The highest BCUT2D eigenvalue weighted by atomic mass is 32.1. The molecular weight excluding hydrogens is 262 g/mol. The standard InChI is InChI=1S/C13H21N3O2S/c1-16(9-6-4-2-3-5-7-9)13-15-10(8-19-13)11(14)12(17)18/h8-9,11H,2-7,14H2,1H3,(H,17,18). The van der Waals surface area contributed by atoms with Gasteiger partial charge in [-0.15, -0.1) is 11.3 Å². The molecule has 1 aliphatic carbocycles. The van der Waals surface area contributed by atoms with E-state index in [9.17, 15) is 4.79 Å². The summed E-state index contributed by atoms with van der Waals surface area (Å²) in [6.45, 7) is 0. The lowest BCUT2D eigenvalue weighted by atomic mass is 10.1. The van der Waals surface area contributed by atoms with Gasteiger partial charge < -0.3 is 15.7 Å². The van der Waals surface area contributed by atoms with Crippen molar-refractivity contribution in [2.45, 2.75) is 50.6 Å². The Hall–Kier alpha value is -1.14. The van der Waals surface area contributed by atoms with Gasteiger partial charge in [0.2, 0.25) is 0 Å². The number of anilines is 1. The number of carboxylic acid groups (broad SMARTS) is 1. The molecule has 5 nitrogen and oxygen atoms in total.